The molecular formula is C36H48N4O4. The number of rotatable bonds is 11. The van der Waals surface area contributed by atoms with Crippen LogP contribution in [0.5, 0.6) is 5.75 Å². The van der Waals surface area contributed by atoms with Crippen molar-refractivity contribution in [3.63, 3.8) is 0 Å². The van der Waals surface area contributed by atoms with Crippen LogP contribution in [0.15, 0.2) is 42.6 Å². The summed E-state index contributed by atoms with van der Waals surface area (Å²) in [5, 5.41) is 11.9. The highest BCUT2D eigenvalue weighted by molar-refractivity contribution is 5.93. The largest absolute Gasteiger partial charge is 0.494 e. The lowest BCUT2D eigenvalue weighted by Gasteiger charge is -2.54. The van der Waals surface area contributed by atoms with Crippen molar-refractivity contribution in [3.8, 4) is 17.0 Å². The molecule has 2 aromatic carbocycles. The monoisotopic (exact) mass is 600 g/mol. The summed E-state index contributed by atoms with van der Waals surface area (Å²) in [6.07, 6.45) is 9.71. The number of esters is 1. The van der Waals surface area contributed by atoms with Gasteiger partial charge < -0.3 is 14.8 Å². The average Bonchev–Trinajstić information content (AvgIpc) is 3.47. The maximum Gasteiger partial charge on any atom is 0.311 e. The Bertz CT molecular complexity index is 1480. The van der Waals surface area contributed by atoms with Crippen molar-refractivity contribution in [2.24, 2.45) is 11.3 Å². The summed E-state index contributed by atoms with van der Waals surface area (Å²) in [7, 11) is 1.50. The Morgan fingerprint density at radius 3 is 2.57 bits per heavy atom. The molecule has 0 radical (unpaired) electrons. The Kier molecular flexibility index (Phi) is 9.47. The number of nitrogens with zero attached hydrogens (tertiary/aromatic N) is 3. The first kappa shape index (κ1) is 31.7. The fraction of sp³-hybridized carbons (Fsp3) is 0.556. The Labute approximate surface area is 261 Å². The van der Waals surface area contributed by atoms with Gasteiger partial charge in [-0.3, -0.25) is 9.59 Å². The lowest BCUT2D eigenvalue weighted by Crippen LogP contribution is -2.52. The summed E-state index contributed by atoms with van der Waals surface area (Å²) in [5.74, 6) is 1.02. The molecule has 44 heavy (non-hydrogen) atoms. The minimum absolute atomic E-state index is 0.0626. The Balaban J connectivity index is 1.33. The van der Waals surface area contributed by atoms with E-state index in [1.807, 2.05) is 30.5 Å². The highest BCUT2D eigenvalue weighted by atomic mass is 16.5. The predicted molar refractivity (Wildman–Crippen MR) is 173 cm³/mol. The quantitative estimate of drug-likeness (QED) is 0.181. The third kappa shape index (κ3) is 6.13. The van der Waals surface area contributed by atoms with Gasteiger partial charge in [-0.1, -0.05) is 64.3 Å². The van der Waals surface area contributed by atoms with Crippen molar-refractivity contribution in [1.29, 1.82) is 0 Å². The van der Waals surface area contributed by atoms with Crippen LogP contribution in [0.4, 0.5) is 5.69 Å². The Hall–Kier alpha value is -3.68. The molecule has 0 saturated heterocycles. The molecule has 3 atom stereocenters. The minimum Gasteiger partial charge on any atom is -0.494 e. The van der Waals surface area contributed by atoms with Crippen LogP contribution in [-0.4, -0.2) is 40.6 Å². The van der Waals surface area contributed by atoms with Gasteiger partial charge in [-0.05, 0) is 97.2 Å². The number of ether oxygens (including phenoxy) is 2. The molecule has 236 valence electrons. The summed E-state index contributed by atoms with van der Waals surface area (Å²) in [6, 6.07) is 12.3. The first-order valence-electron chi connectivity index (χ1n) is 16.3. The van der Waals surface area contributed by atoms with Gasteiger partial charge in [0, 0.05) is 11.3 Å². The molecule has 1 aromatic heterocycles. The molecule has 0 bridgehead atoms. The lowest BCUT2D eigenvalue weighted by molar-refractivity contribution is -0.161. The summed E-state index contributed by atoms with van der Waals surface area (Å²) in [6.45, 7) is 11.7. The highest BCUT2D eigenvalue weighted by Gasteiger charge is 2.56. The van der Waals surface area contributed by atoms with E-state index >= 15 is 0 Å². The van der Waals surface area contributed by atoms with Gasteiger partial charge in [-0.25, -0.2) is 4.68 Å². The van der Waals surface area contributed by atoms with E-state index in [4.69, 9.17) is 9.47 Å². The zero-order valence-electron chi connectivity index (χ0n) is 27.2. The van der Waals surface area contributed by atoms with E-state index in [9.17, 15) is 9.59 Å². The molecule has 1 fully saturated rings. The summed E-state index contributed by atoms with van der Waals surface area (Å²) >= 11 is 0. The minimum atomic E-state index is -0.508. The Morgan fingerprint density at radius 2 is 1.86 bits per heavy atom. The van der Waals surface area contributed by atoms with Crippen molar-refractivity contribution in [3.05, 3.63) is 59.3 Å². The highest BCUT2D eigenvalue weighted by Crippen LogP contribution is 2.58. The maximum atomic E-state index is 13.5. The molecule has 3 aromatic rings. The Morgan fingerprint density at radius 1 is 1.09 bits per heavy atom. The second-order valence-electron chi connectivity index (χ2n) is 13.4. The fourth-order valence-electron chi connectivity index (χ4n) is 7.79. The molecule has 0 spiro atoms. The molecule has 0 unspecified atom stereocenters. The van der Waals surface area contributed by atoms with Gasteiger partial charge in [-0.15, -0.1) is 5.10 Å². The molecular weight excluding hydrogens is 552 g/mol. The van der Waals surface area contributed by atoms with Crippen LogP contribution in [0.3, 0.4) is 0 Å². The number of hydrogen-bond donors (Lipinski definition) is 1. The number of aromatic nitrogens is 3. The van der Waals surface area contributed by atoms with Crippen LogP contribution < -0.4 is 10.1 Å². The smallest absolute Gasteiger partial charge is 0.311 e. The molecule has 1 saturated carbocycles. The molecule has 5 rings (SSSR count). The van der Waals surface area contributed by atoms with E-state index in [0.29, 0.717) is 12.3 Å². The number of fused-ring (bicyclic) bond motifs is 3. The van der Waals surface area contributed by atoms with Crippen molar-refractivity contribution in [1.82, 2.24) is 15.0 Å². The van der Waals surface area contributed by atoms with Crippen molar-refractivity contribution in [2.75, 3.05) is 19.0 Å². The first-order valence-corrected chi connectivity index (χ1v) is 16.3. The van der Waals surface area contributed by atoms with E-state index in [2.05, 4.69) is 62.4 Å². The van der Waals surface area contributed by atoms with Gasteiger partial charge >= 0.3 is 5.97 Å². The van der Waals surface area contributed by atoms with Gasteiger partial charge in [-0.2, -0.15) is 0 Å². The number of methoxy groups -OCH3 is 1. The maximum absolute atomic E-state index is 13.5. The van der Waals surface area contributed by atoms with Gasteiger partial charge in [0.2, 0.25) is 5.91 Å². The summed E-state index contributed by atoms with van der Waals surface area (Å²) < 4.78 is 12.7. The van der Waals surface area contributed by atoms with Gasteiger partial charge in [0.05, 0.1) is 25.3 Å². The number of hydrogen-bond acceptors (Lipinski definition) is 6. The molecule has 8 heteroatoms. The first-order chi connectivity index (χ1) is 21.1. The summed E-state index contributed by atoms with van der Waals surface area (Å²) in [5.41, 5.74) is 5.46. The number of amides is 1. The molecule has 8 nitrogen and oxygen atoms in total. The SMILES string of the molecule is CCCCCOc1ccc(-c2cn(CC(=O)Nc3c(C(C)C)ccc4c3CC[C@H]3[C@](C)(C(=O)OC)CCC[C@]43C)nn2)cc1. The van der Waals surface area contributed by atoms with Crippen LogP contribution in [0.1, 0.15) is 102 Å². The number of carbonyl (C=O) groups excluding carboxylic acids is 2. The normalized spacial score (nSPS) is 22.7. The second-order valence-corrected chi connectivity index (χ2v) is 13.4. The van der Waals surface area contributed by atoms with Gasteiger partial charge in [0.15, 0.2) is 0 Å². The van der Waals surface area contributed by atoms with E-state index in [1.165, 1.54) is 24.7 Å². The predicted octanol–water partition coefficient (Wildman–Crippen LogP) is 7.46. The molecule has 1 N–H and O–H groups in total. The van der Waals surface area contributed by atoms with Crippen molar-refractivity contribution >= 4 is 17.6 Å². The summed E-state index contributed by atoms with van der Waals surface area (Å²) in [4.78, 5) is 26.5. The number of anilines is 1. The van der Waals surface area contributed by atoms with Crippen molar-refractivity contribution < 1.29 is 19.1 Å². The van der Waals surface area contributed by atoms with Crippen LogP contribution >= 0.6 is 0 Å². The number of nitrogens with one attached hydrogen (secondary N) is 1. The zero-order chi connectivity index (χ0) is 31.5. The van der Waals surface area contributed by atoms with Gasteiger partial charge in [0.25, 0.3) is 0 Å². The van der Waals surface area contributed by atoms with Crippen LogP contribution in [-0.2, 0) is 32.7 Å². The van der Waals surface area contributed by atoms with E-state index in [0.717, 1.165) is 67.5 Å². The standard InChI is InChI=1S/C36H48N4O4/c1-7-8-9-21-44-26-13-11-25(12-14-26)30-22-40(39-38-30)23-32(41)37-33-27(24(2)3)15-17-29-28(33)16-18-31-35(29,4)19-10-20-36(31,5)34(42)43-6/h11-15,17,22,24,31H,7-10,16,18-21,23H2,1-6H3,(H,37,41)/t31-,35-,36-/m1/s1. The second kappa shape index (κ2) is 13.1. The van der Waals surface area contributed by atoms with Crippen molar-refractivity contribution in [2.45, 2.75) is 104 Å². The fourth-order valence-corrected chi connectivity index (χ4v) is 7.79. The van der Waals surface area contributed by atoms with Crippen LogP contribution in [0, 0.1) is 11.3 Å². The molecule has 1 heterocycles. The third-order valence-corrected chi connectivity index (χ3v) is 10.1. The molecule has 1 amide bonds. The lowest BCUT2D eigenvalue weighted by atomic mass is 9.49. The topological polar surface area (TPSA) is 95.3 Å². The molecule has 2 aliphatic carbocycles. The van der Waals surface area contributed by atoms with Crippen LogP contribution in [0.2, 0.25) is 0 Å². The van der Waals surface area contributed by atoms with E-state index in [1.54, 1.807) is 4.68 Å². The molecule has 2 aliphatic rings. The van der Waals surface area contributed by atoms with Gasteiger partial charge in [0.1, 0.15) is 18.0 Å². The molecule has 0 aliphatic heterocycles. The number of unbranched alkanes of at least 4 members (excludes halogenated alkanes) is 2. The van der Waals surface area contributed by atoms with Crippen LogP contribution in [0.25, 0.3) is 11.3 Å². The zero-order valence-corrected chi connectivity index (χ0v) is 27.2. The number of carbonyl (C=O) groups is 2. The van der Waals surface area contributed by atoms with E-state index < -0.39 is 5.41 Å². The third-order valence-electron chi connectivity index (χ3n) is 10.1. The van der Waals surface area contributed by atoms with E-state index in [-0.39, 0.29) is 35.7 Å². The number of benzene rings is 2. The average molecular weight is 601 g/mol.